The Morgan fingerprint density at radius 2 is 2.29 bits per heavy atom. The van der Waals surface area contributed by atoms with E-state index in [-0.39, 0.29) is 5.91 Å². The Bertz CT molecular complexity index is 359. The fourth-order valence-electron chi connectivity index (χ4n) is 1.30. The summed E-state index contributed by atoms with van der Waals surface area (Å²) in [6.07, 6.45) is 5.22. The molecule has 0 spiro atoms. The third kappa shape index (κ3) is 6.23. The minimum Gasteiger partial charge on any atom is -0.294 e. The first-order valence-electron chi connectivity index (χ1n) is 5.64. The number of hydrogen-bond donors (Lipinski definition) is 2. The molecule has 0 bridgehead atoms. The Morgan fingerprint density at radius 3 is 3.00 bits per heavy atom. The van der Waals surface area contributed by atoms with E-state index in [2.05, 4.69) is 15.4 Å². The zero-order chi connectivity index (χ0) is 12.5. The lowest BCUT2D eigenvalue weighted by atomic mass is 10.2. The lowest BCUT2D eigenvalue weighted by Gasteiger charge is -2.01. The van der Waals surface area contributed by atoms with Crippen molar-refractivity contribution >= 4 is 17.7 Å². The molecule has 0 aliphatic carbocycles. The van der Waals surface area contributed by atoms with Gasteiger partial charge in [-0.15, -0.1) is 0 Å². The molecule has 0 saturated carbocycles. The van der Waals surface area contributed by atoms with Crippen LogP contribution in [0.5, 0.6) is 0 Å². The molecular formula is C11H18N4OS. The molecule has 94 valence electrons. The van der Waals surface area contributed by atoms with Gasteiger partial charge in [0.05, 0.1) is 0 Å². The van der Waals surface area contributed by atoms with Crippen molar-refractivity contribution < 1.29 is 4.79 Å². The van der Waals surface area contributed by atoms with Crippen LogP contribution in [0.4, 0.5) is 0 Å². The number of aryl methyl sites for hydroxylation is 1. The Hall–Kier alpha value is -1.14. The maximum atomic E-state index is 10.8. The minimum atomic E-state index is -0.0975. The monoisotopic (exact) mass is 254 g/mol. The molecule has 0 aromatic carbocycles. The molecule has 1 rings (SSSR count). The molecule has 1 aromatic rings. The van der Waals surface area contributed by atoms with Crippen LogP contribution in [0, 0.1) is 6.92 Å². The van der Waals surface area contributed by atoms with E-state index < -0.39 is 0 Å². The van der Waals surface area contributed by atoms with Gasteiger partial charge in [-0.05, 0) is 25.8 Å². The molecule has 1 heterocycles. The van der Waals surface area contributed by atoms with Crippen molar-refractivity contribution in [2.24, 2.45) is 5.84 Å². The average Bonchev–Trinajstić information content (AvgIpc) is 2.33. The normalized spacial score (nSPS) is 10.2. The highest BCUT2D eigenvalue weighted by Crippen LogP contribution is 2.15. The molecule has 5 nitrogen and oxygen atoms in total. The second-order valence-corrected chi connectivity index (χ2v) is 4.77. The number of rotatable bonds is 7. The van der Waals surface area contributed by atoms with E-state index in [1.807, 2.05) is 13.0 Å². The second-order valence-electron chi connectivity index (χ2n) is 3.71. The summed E-state index contributed by atoms with van der Waals surface area (Å²) in [7, 11) is 0. The molecule has 0 unspecified atom stereocenters. The lowest BCUT2D eigenvalue weighted by Crippen LogP contribution is -2.29. The maximum absolute atomic E-state index is 10.8. The summed E-state index contributed by atoms with van der Waals surface area (Å²) in [5.41, 5.74) is 3.11. The number of carbonyl (C=O) groups is 1. The number of thioether (sulfide) groups is 1. The number of unbranched alkanes of at least 4 members (excludes halogenated alkanes) is 2. The first-order valence-corrected chi connectivity index (χ1v) is 6.63. The van der Waals surface area contributed by atoms with E-state index in [0.29, 0.717) is 6.42 Å². The lowest BCUT2D eigenvalue weighted by molar-refractivity contribution is -0.121. The molecule has 1 amide bonds. The van der Waals surface area contributed by atoms with Gasteiger partial charge in [-0.2, -0.15) is 0 Å². The van der Waals surface area contributed by atoms with E-state index in [1.165, 1.54) is 0 Å². The van der Waals surface area contributed by atoms with Crippen LogP contribution in [0.25, 0.3) is 0 Å². The summed E-state index contributed by atoms with van der Waals surface area (Å²) in [6, 6.07) is 1.88. The fraction of sp³-hybridized carbons (Fsp3) is 0.545. The van der Waals surface area contributed by atoms with Gasteiger partial charge in [-0.1, -0.05) is 18.2 Å². The molecule has 0 aliphatic rings. The highest BCUT2D eigenvalue weighted by Gasteiger charge is 2.00. The van der Waals surface area contributed by atoms with E-state index >= 15 is 0 Å². The Balaban J connectivity index is 2.06. The Labute approximate surface area is 106 Å². The van der Waals surface area contributed by atoms with Gasteiger partial charge in [0.25, 0.3) is 0 Å². The van der Waals surface area contributed by atoms with Crippen LogP contribution in [-0.4, -0.2) is 21.6 Å². The van der Waals surface area contributed by atoms with E-state index in [1.54, 1.807) is 18.0 Å². The van der Waals surface area contributed by atoms with Gasteiger partial charge in [-0.3, -0.25) is 10.2 Å². The molecule has 6 heteroatoms. The average molecular weight is 254 g/mol. The number of amides is 1. The van der Waals surface area contributed by atoms with Crippen LogP contribution in [-0.2, 0) is 4.79 Å². The van der Waals surface area contributed by atoms with Crippen molar-refractivity contribution in [2.75, 3.05) is 5.75 Å². The van der Waals surface area contributed by atoms with Gasteiger partial charge in [0.15, 0.2) is 5.16 Å². The molecule has 0 aliphatic heterocycles. The summed E-state index contributed by atoms with van der Waals surface area (Å²) >= 11 is 1.65. The van der Waals surface area contributed by atoms with Gasteiger partial charge in [-0.25, -0.2) is 15.8 Å². The predicted molar refractivity (Wildman–Crippen MR) is 68.3 cm³/mol. The summed E-state index contributed by atoms with van der Waals surface area (Å²) in [5, 5.41) is 0.824. The van der Waals surface area contributed by atoms with Crippen LogP contribution in [0.15, 0.2) is 17.4 Å². The van der Waals surface area contributed by atoms with Crippen LogP contribution >= 0.6 is 11.8 Å². The zero-order valence-corrected chi connectivity index (χ0v) is 10.8. The highest BCUT2D eigenvalue weighted by molar-refractivity contribution is 7.99. The molecular weight excluding hydrogens is 236 g/mol. The Kier molecular flexibility index (Phi) is 6.57. The maximum Gasteiger partial charge on any atom is 0.233 e. The largest absolute Gasteiger partial charge is 0.294 e. The molecule has 17 heavy (non-hydrogen) atoms. The number of carbonyl (C=O) groups excluding carboxylic acids is 1. The summed E-state index contributed by atoms with van der Waals surface area (Å²) in [4.78, 5) is 19.3. The smallest absolute Gasteiger partial charge is 0.233 e. The van der Waals surface area contributed by atoms with Crippen molar-refractivity contribution in [1.82, 2.24) is 15.4 Å². The fourth-order valence-corrected chi connectivity index (χ4v) is 2.17. The molecule has 0 saturated heterocycles. The molecule has 0 atom stereocenters. The molecule has 1 aromatic heterocycles. The predicted octanol–water partition coefficient (Wildman–Crippen LogP) is 1.43. The highest BCUT2D eigenvalue weighted by atomic mass is 32.2. The van der Waals surface area contributed by atoms with Crippen molar-refractivity contribution in [2.45, 2.75) is 37.8 Å². The number of nitrogens with one attached hydrogen (secondary N) is 1. The number of hydrazine groups is 1. The van der Waals surface area contributed by atoms with Gasteiger partial charge < -0.3 is 0 Å². The van der Waals surface area contributed by atoms with E-state index in [9.17, 15) is 4.79 Å². The van der Waals surface area contributed by atoms with E-state index in [4.69, 9.17) is 5.84 Å². The third-order valence-electron chi connectivity index (χ3n) is 2.21. The second kappa shape index (κ2) is 8.03. The van der Waals surface area contributed by atoms with Gasteiger partial charge in [0, 0.05) is 24.1 Å². The number of aromatic nitrogens is 2. The minimum absolute atomic E-state index is 0.0975. The van der Waals surface area contributed by atoms with Gasteiger partial charge >= 0.3 is 0 Å². The molecule has 3 N–H and O–H groups in total. The van der Waals surface area contributed by atoms with Gasteiger partial charge in [0.2, 0.25) is 5.91 Å². The standard InChI is InChI=1S/C11H18N4OS/c1-9-6-7-13-11(14-9)17-8-4-2-3-5-10(16)15-12/h6-7H,2-5,8,12H2,1H3,(H,15,16). The van der Waals surface area contributed by atoms with Crippen molar-refractivity contribution in [3.8, 4) is 0 Å². The summed E-state index contributed by atoms with van der Waals surface area (Å²) < 4.78 is 0. The number of nitrogens with zero attached hydrogens (tertiary/aromatic N) is 2. The van der Waals surface area contributed by atoms with Crippen molar-refractivity contribution in [1.29, 1.82) is 0 Å². The van der Waals surface area contributed by atoms with Crippen LogP contribution in [0.3, 0.4) is 0 Å². The Morgan fingerprint density at radius 1 is 1.47 bits per heavy atom. The summed E-state index contributed by atoms with van der Waals surface area (Å²) in [5.74, 6) is 5.87. The number of hydrogen-bond acceptors (Lipinski definition) is 5. The quantitative estimate of drug-likeness (QED) is 0.192. The van der Waals surface area contributed by atoms with E-state index in [0.717, 1.165) is 35.9 Å². The van der Waals surface area contributed by atoms with Crippen LogP contribution in [0.2, 0.25) is 0 Å². The third-order valence-corrected chi connectivity index (χ3v) is 3.16. The first-order chi connectivity index (χ1) is 8.22. The zero-order valence-electron chi connectivity index (χ0n) is 9.98. The molecule has 0 fully saturated rings. The van der Waals surface area contributed by atoms with Crippen LogP contribution in [0.1, 0.15) is 31.4 Å². The van der Waals surface area contributed by atoms with Gasteiger partial charge in [0.1, 0.15) is 0 Å². The number of nitrogens with two attached hydrogens (primary N) is 1. The first kappa shape index (κ1) is 13.9. The van der Waals surface area contributed by atoms with Crippen molar-refractivity contribution in [3.63, 3.8) is 0 Å². The SMILES string of the molecule is Cc1ccnc(SCCCCCC(=O)NN)n1. The summed E-state index contributed by atoms with van der Waals surface area (Å²) in [6.45, 7) is 1.96. The molecule has 0 radical (unpaired) electrons. The van der Waals surface area contributed by atoms with Crippen LogP contribution < -0.4 is 11.3 Å². The topological polar surface area (TPSA) is 80.9 Å². The van der Waals surface area contributed by atoms with Crippen molar-refractivity contribution in [3.05, 3.63) is 18.0 Å².